The van der Waals surface area contributed by atoms with Crippen molar-refractivity contribution in [3.8, 4) is 0 Å². The van der Waals surface area contributed by atoms with E-state index in [0.717, 1.165) is 29.8 Å². The van der Waals surface area contributed by atoms with Gasteiger partial charge in [0.2, 0.25) is 0 Å². The van der Waals surface area contributed by atoms with Gasteiger partial charge in [0.25, 0.3) is 11.8 Å². The zero-order valence-corrected chi connectivity index (χ0v) is 22.8. The lowest BCUT2D eigenvalue weighted by Crippen LogP contribution is -2.47. The molecule has 198 valence electrons. The highest BCUT2D eigenvalue weighted by Gasteiger charge is 2.39. The van der Waals surface area contributed by atoms with Crippen LogP contribution in [0.2, 0.25) is 0 Å². The van der Waals surface area contributed by atoms with Crippen molar-refractivity contribution in [3.05, 3.63) is 131 Å². The van der Waals surface area contributed by atoms with E-state index >= 15 is 0 Å². The van der Waals surface area contributed by atoms with Crippen LogP contribution in [0.3, 0.4) is 0 Å². The minimum atomic E-state index is -0.213. The van der Waals surface area contributed by atoms with Crippen molar-refractivity contribution in [1.29, 1.82) is 0 Å². The average molecular weight is 517 g/mol. The lowest BCUT2D eigenvalue weighted by molar-refractivity contribution is 0.0965. The Hall–Kier alpha value is -4.18. The quantitative estimate of drug-likeness (QED) is 0.221. The number of carbonyl (C=O) groups excluding carboxylic acids is 2. The average Bonchev–Trinajstić information content (AvgIpc) is 2.98. The Morgan fingerprint density at radius 2 is 1.41 bits per heavy atom. The first kappa shape index (κ1) is 26.4. The summed E-state index contributed by atoms with van der Waals surface area (Å²) in [6.45, 7) is 4.28. The fourth-order valence-corrected chi connectivity index (χ4v) is 5.62. The third kappa shape index (κ3) is 5.65. The van der Waals surface area contributed by atoms with Gasteiger partial charge in [-0.25, -0.2) is 0 Å². The molecule has 0 fully saturated rings. The molecule has 4 nitrogen and oxygen atoms in total. The third-order valence-electron chi connectivity index (χ3n) is 7.63. The van der Waals surface area contributed by atoms with Crippen LogP contribution in [-0.2, 0) is 6.42 Å². The molecule has 2 amide bonds. The predicted octanol–water partition coefficient (Wildman–Crippen LogP) is 8.25. The van der Waals surface area contributed by atoms with Crippen LogP contribution >= 0.6 is 0 Å². The molecular weight excluding hydrogens is 480 g/mol. The number of benzene rings is 4. The van der Waals surface area contributed by atoms with Crippen molar-refractivity contribution in [2.24, 2.45) is 0 Å². The van der Waals surface area contributed by atoms with Crippen molar-refractivity contribution < 1.29 is 9.59 Å². The van der Waals surface area contributed by atoms with E-state index in [1.165, 1.54) is 18.4 Å². The van der Waals surface area contributed by atoms with Gasteiger partial charge < -0.3 is 9.80 Å². The second-order valence-corrected chi connectivity index (χ2v) is 10.4. The second-order valence-electron chi connectivity index (χ2n) is 10.4. The van der Waals surface area contributed by atoms with Crippen LogP contribution in [-0.4, -0.2) is 17.9 Å². The summed E-state index contributed by atoms with van der Waals surface area (Å²) in [4.78, 5) is 31.7. The van der Waals surface area contributed by atoms with Crippen LogP contribution in [0.25, 0.3) is 0 Å². The highest BCUT2D eigenvalue weighted by Crippen LogP contribution is 2.43. The first-order valence-corrected chi connectivity index (χ1v) is 14.0. The number of hydrogen-bond donors (Lipinski definition) is 0. The van der Waals surface area contributed by atoms with Crippen molar-refractivity contribution in [2.75, 3.05) is 9.80 Å². The largest absolute Gasteiger partial charge is 0.305 e. The maximum absolute atomic E-state index is 14.2. The molecule has 39 heavy (non-hydrogen) atoms. The monoisotopic (exact) mass is 516 g/mol. The van der Waals surface area contributed by atoms with Gasteiger partial charge >= 0.3 is 0 Å². The fraction of sp³-hybridized carbons (Fsp3) is 0.257. The van der Waals surface area contributed by atoms with E-state index in [9.17, 15) is 9.59 Å². The van der Waals surface area contributed by atoms with Gasteiger partial charge in [-0.05, 0) is 79.8 Å². The summed E-state index contributed by atoms with van der Waals surface area (Å²) in [7, 11) is 0. The van der Waals surface area contributed by atoms with Gasteiger partial charge in [0.05, 0.1) is 6.04 Å². The van der Waals surface area contributed by atoms with Gasteiger partial charge in [-0.3, -0.25) is 9.59 Å². The maximum atomic E-state index is 14.2. The Morgan fingerprint density at radius 1 is 0.769 bits per heavy atom. The molecule has 4 heteroatoms. The van der Waals surface area contributed by atoms with E-state index in [0.29, 0.717) is 17.5 Å². The number of anilines is 2. The smallest absolute Gasteiger partial charge is 0.258 e. The normalized spacial score (nSPS) is 16.4. The van der Waals surface area contributed by atoms with Crippen LogP contribution in [0.4, 0.5) is 11.4 Å². The van der Waals surface area contributed by atoms with Gasteiger partial charge in [0, 0.05) is 28.5 Å². The molecule has 4 aromatic carbocycles. The maximum Gasteiger partial charge on any atom is 0.258 e. The lowest BCUT2D eigenvalue weighted by Gasteiger charge is -2.43. The van der Waals surface area contributed by atoms with Crippen molar-refractivity contribution >= 4 is 23.2 Å². The fourth-order valence-electron chi connectivity index (χ4n) is 5.62. The number of rotatable bonds is 8. The first-order chi connectivity index (χ1) is 19.1. The van der Waals surface area contributed by atoms with Crippen LogP contribution in [0.5, 0.6) is 0 Å². The summed E-state index contributed by atoms with van der Waals surface area (Å²) in [5.74, 6) is -0.0543. The Balaban J connectivity index is 1.52. The summed E-state index contributed by atoms with van der Waals surface area (Å²) >= 11 is 0. The Morgan fingerprint density at radius 3 is 2.10 bits per heavy atom. The molecule has 2 atom stereocenters. The highest BCUT2D eigenvalue weighted by molar-refractivity contribution is 6.09. The Bertz CT molecular complexity index is 1400. The zero-order valence-electron chi connectivity index (χ0n) is 22.8. The van der Waals surface area contributed by atoms with E-state index in [-0.39, 0.29) is 23.9 Å². The molecule has 1 heterocycles. The van der Waals surface area contributed by atoms with Crippen LogP contribution < -0.4 is 9.80 Å². The van der Waals surface area contributed by atoms with E-state index in [1.54, 1.807) is 0 Å². The number of unbranched alkanes of at least 4 members (excludes halogenated alkanes) is 2. The van der Waals surface area contributed by atoms with Crippen molar-refractivity contribution in [3.63, 3.8) is 0 Å². The number of fused-ring (bicyclic) bond motifs is 1. The third-order valence-corrected chi connectivity index (χ3v) is 7.63. The SMILES string of the molecule is CCCCCc1ccc(C(=O)N(c2ccccc2)[C@H]2C[C@H](C)N(C(=O)c3ccccc3)c3ccccc32)cc1. The highest BCUT2D eigenvalue weighted by atomic mass is 16.2. The van der Waals surface area contributed by atoms with Crippen LogP contribution in [0.1, 0.15) is 77.4 Å². The van der Waals surface area contributed by atoms with E-state index in [4.69, 9.17) is 0 Å². The number of carbonyl (C=O) groups is 2. The van der Waals surface area contributed by atoms with Crippen LogP contribution in [0, 0.1) is 0 Å². The molecule has 5 rings (SSSR count). The zero-order chi connectivity index (χ0) is 27.2. The molecular formula is C35H36N2O2. The molecule has 0 bridgehead atoms. The van der Waals surface area contributed by atoms with Gasteiger partial charge in [-0.15, -0.1) is 0 Å². The van der Waals surface area contributed by atoms with E-state index in [2.05, 4.69) is 32.0 Å². The van der Waals surface area contributed by atoms with Crippen LogP contribution in [0.15, 0.2) is 109 Å². The van der Waals surface area contributed by atoms with E-state index < -0.39 is 0 Å². The van der Waals surface area contributed by atoms with E-state index in [1.807, 2.05) is 101 Å². The molecule has 0 saturated carbocycles. The molecule has 0 radical (unpaired) electrons. The molecule has 1 aliphatic heterocycles. The summed E-state index contributed by atoms with van der Waals surface area (Å²) in [6.07, 6.45) is 5.23. The summed E-state index contributed by atoms with van der Waals surface area (Å²) in [6, 6.07) is 35.1. The molecule has 0 unspecified atom stereocenters. The standard InChI is InChI=1S/C35H36N2O2/c1-3-4-7-14-27-21-23-29(24-22-27)35(39)37(30-17-10-6-11-18-30)33-25-26(2)36(32-20-13-12-19-31(32)33)34(38)28-15-8-5-9-16-28/h5-6,8-13,15-24,26,33H,3-4,7,14,25H2,1-2H3/t26-,33-/m0/s1. The lowest BCUT2D eigenvalue weighted by atomic mass is 9.89. The molecule has 1 aliphatic rings. The van der Waals surface area contributed by atoms with Gasteiger partial charge in [0.1, 0.15) is 0 Å². The molecule has 4 aromatic rings. The molecule has 0 aromatic heterocycles. The van der Waals surface area contributed by atoms with Crippen molar-refractivity contribution in [2.45, 2.75) is 58.0 Å². The summed E-state index contributed by atoms with van der Waals surface area (Å²) < 4.78 is 0. The summed E-state index contributed by atoms with van der Waals surface area (Å²) in [5, 5.41) is 0. The molecule has 0 spiro atoms. The minimum Gasteiger partial charge on any atom is -0.305 e. The number of aryl methyl sites for hydroxylation is 1. The van der Waals surface area contributed by atoms with Crippen molar-refractivity contribution in [1.82, 2.24) is 0 Å². The first-order valence-electron chi connectivity index (χ1n) is 14.0. The Kier molecular flexibility index (Phi) is 8.21. The minimum absolute atomic E-state index is 0.0229. The number of hydrogen-bond acceptors (Lipinski definition) is 2. The molecule has 0 saturated heterocycles. The number of nitrogens with zero attached hydrogens (tertiary/aromatic N) is 2. The topological polar surface area (TPSA) is 40.6 Å². The predicted molar refractivity (Wildman–Crippen MR) is 159 cm³/mol. The number of amides is 2. The molecule has 0 N–H and O–H groups in total. The van der Waals surface area contributed by atoms with Gasteiger partial charge in [0.15, 0.2) is 0 Å². The number of para-hydroxylation sites is 2. The second kappa shape index (κ2) is 12.1. The summed E-state index contributed by atoms with van der Waals surface area (Å²) in [5.41, 5.74) is 5.28. The van der Waals surface area contributed by atoms with Gasteiger partial charge in [-0.1, -0.05) is 86.5 Å². The Labute approximate surface area is 231 Å². The molecule has 0 aliphatic carbocycles. The van der Waals surface area contributed by atoms with Gasteiger partial charge in [-0.2, -0.15) is 0 Å².